The van der Waals surface area contributed by atoms with E-state index in [0.717, 1.165) is 17.7 Å². The minimum Gasteiger partial charge on any atom is -0.388 e. The lowest BCUT2D eigenvalue weighted by molar-refractivity contribution is 0.143. The predicted octanol–water partition coefficient (Wildman–Crippen LogP) is 2.74. The van der Waals surface area contributed by atoms with Gasteiger partial charge in [0.25, 0.3) is 0 Å². The summed E-state index contributed by atoms with van der Waals surface area (Å²) in [4.78, 5) is 0. The van der Waals surface area contributed by atoms with Crippen LogP contribution in [0.3, 0.4) is 0 Å². The van der Waals surface area contributed by atoms with Gasteiger partial charge in [-0.2, -0.15) is 0 Å². The van der Waals surface area contributed by atoms with E-state index in [1.54, 1.807) is 0 Å². The van der Waals surface area contributed by atoms with Gasteiger partial charge in [0.1, 0.15) is 11.6 Å². The molecule has 2 atom stereocenters. The highest BCUT2D eigenvalue weighted by molar-refractivity contribution is 5.28. The monoisotopic (exact) mass is 263 g/mol. The van der Waals surface area contributed by atoms with Crippen molar-refractivity contribution >= 4 is 0 Å². The van der Waals surface area contributed by atoms with E-state index in [1.165, 1.54) is 6.07 Å². The molecular weight excluding hydrogens is 248 g/mol. The molecule has 0 radical (unpaired) electrons. The Kier molecular flexibility index (Phi) is 4.24. The fraction of sp³-hybridized carbons (Fsp3) is 0.200. The van der Waals surface area contributed by atoms with E-state index in [9.17, 15) is 13.9 Å². The highest BCUT2D eigenvalue weighted by Gasteiger charge is 2.24. The van der Waals surface area contributed by atoms with Crippen molar-refractivity contribution in [2.75, 3.05) is 6.54 Å². The average Bonchev–Trinajstić information content (AvgIpc) is 2.40. The van der Waals surface area contributed by atoms with E-state index in [2.05, 4.69) is 0 Å². The summed E-state index contributed by atoms with van der Waals surface area (Å²) in [5, 5.41) is 10.3. The van der Waals surface area contributed by atoms with Crippen LogP contribution in [0.15, 0.2) is 48.5 Å². The molecule has 0 aliphatic heterocycles. The Balaban J connectivity index is 2.33. The first kappa shape index (κ1) is 13.6. The molecule has 0 aliphatic carbocycles. The average molecular weight is 263 g/mol. The maximum Gasteiger partial charge on any atom is 0.131 e. The van der Waals surface area contributed by atoms with Crippen molar-refractivity contribution in [3.05, 3.63) is 71.3 Å². The lowest BCUT2D eigenvalue weighted by atomic mass is 9.89. The summed E-state index contributed by atoms with van der Waals surface area (Å²) < 4.78 is 26.5. The van der Waals surface area contributed by atoms with Crippen LogP contribution >= 0.6 is 0 Å². The highest BCUT2D eigenvalue weighted by Crippen LogP contribution is 2.31. The number of rotatable bonds is 4. The number of hydrogen-bond donors (Lipinski definition) is 2. The Morgan fingerprint density at radius 1 is 1.05 bits per heavy atom. The second kappa shape index (κ2) is 5.91. The third-order valence-corrected chi connectivity index (χ3v) is 3.14. The molecule has 2 aromatic carbocycles. The van der Waals surface area contributed by atoms with Crippen LogP contribution in [0.25, 0.3) is 0 Å². The van der Waals surface area contributed by atoms with Crippen molar-refractivity contribution in [1.29, 1.82) is 0 Å². The van der Waals surface area contributed by atoms with E-state index in [1.807, 2.05) is 30.3 Å². The molecule has 0 fully saturated rings. The van der Waals surface area contributed by atoms with Gasteiger partial charge >= 0.3 is 0 Å². The number of halogens is 2. The lowest BCUT2D eigenvalue weighted by Crippen LogP contribution is -2.21. The number of nitrogens with two attached hydrogens (primary N) is 1. The SMILES string of the molecule is NCC(c1ccccc1)C(O)c1ccc(F)cc1F. The van der Waals surface area contributed by atoms with Crippen LogP contribution < -0.4 is 5.73 Å². The molecule has 0 bridgehead atoms. The van der Waals surface area contributed by atoms with Gasteiger partial charge in [-0.1, -0.05) is 36.4 Å². The zero-order chi connectivity index (χ0) is 13.8. The molecule has 0 saturated carbocycles. The van der Waals surface area contributed by atoms with Crippen molar-refractivity contribution in [2.45, 2.75) is 12.0 Å². The highest BCUT2D eigenvalue weighted by atomic mass is 19.1. The Morgan fingerprint density at radius 3 is 2.32 bits per heavy atom. The Bertz CT molecular complexity index is 545. The van der Waals surface area contributed by atoms with Crippen LogP contribution in [0.1, 0.15) is 23.1 Å². The summed E-state index contributed by atoms with van der Waals surface area (Å²) in [5.41, 5.74) is 6.54. The molecule has 0 amide bonds. The van der Waals surface area contributed by atoms with Crippen LogP contribution in [-0.4, -0.2) is 11.7 Å². The normalized spacial score (nSPS) is 14.1. The third kappa shape index (κ3) is 2.97. The topological polar surface area (TPSA) is 46.2 Å². The zero-order valence-electron chi connectivity index (χ0n) is 10.3. The standard InChI is InChI=1S/C15H15F2NO/c16-11-6-7-12(14(17)8-11)15(19)13(9-18)10-4-2-1-3-5-10/h1-8,13,15,19H,9,18H2. The van der Waals surface area contributed by atoms with Crippen molar-refractivity contribution in [3.8, 4) is 0 Å². The Labute approximate surface area is 110 Å². The Morgan fingerprint density at radius 2 is 1.74 bits per heavy atom. The molecule has 2 nitrogen and oxygen atoms in total. The summed E-state index contributed by atoms with van der Waals surface area (Å²) in [6.45, 7) is 0.169. The first-order valence-corrected chi connectivity index (χ1v) is 6.01. The smallest absolute Gasteiger partial charge is 0.131 e. The molecular formula is C15H15F2NO. The minimum absolute atomic E-state index is 0.0562. The van der Waals surface area contributed by atoms with Gasteiger partial charge in [-0.25, -0.2) is 8.78 Å². The fourth-order valence-electron chi connectivity index (χ4n) is 2.11. The molecule has 0 heterocycles. The van der Waals surface area contributed by atoms with Crippen LogP contribution in [0.5, 0.6) is 0 Å². The third-order valence-electron chi connectivity index (χ3n) is 3.14. The van der Waals surface area contributed by atoms with E-state index in [-0.39, 0.29) is 12.1 Å². The van der Waals surface area contributed by atoms with E-state index < -0.39 is 23.7 Å². The van der Waals surface area contributed by atoms with E-state index in [4.69, 9.17) is 5.73 Å². The number of aliphatic hydroxyl groups is 1. The second-order valence-electron chi connectivity index (χ2n) is 4.36. The molecule has 100 valence electrons. The number of hydrogen-bond acceptors (Lipinski definition) is 2. The van der Waals surface area contributed by atoms with Crippen LogP contribution in [0.2, 0.25) is 0 Å². The van der Waals surface area contributed by atoms with Crippen LogP contribution in [0, 0.1) is 11.6 Å². The predicted molar refractivity (Wildman–Crippen MR) is 69.6 cm³/mol. The summed E-state index contributed by atoms with van der Waals surface area (Å²) in [5.74, 6) is -1.86. The maximum atomic E-state index is 13.7. The molecule has 0 spiro atoms. The van der Waals surface area contributed by atoms with Crippen LogP contribution in [0.4, 0.5) is 8.78 Å². The van der Waals surface area contributed by atoms with E-state index >= 15 is 0 Å². The first-order chi connectivity index (χ1) is 9.13. The molecule has 19 heavy (non-hydrogen) atoms. The Hall–Kier alpha value is -1.78. The van der Waals surface area contributed by atoms with Crippen molar-refractivity contribution in [1.82, 2.24) is 0 Å². The molecule has 2 aromatic rings. The first-order valence-electron chi connectivity index (χ1n) is 6.01. The van der Waals surface area contributed by atoms with Gasteiger partial charge in [0.2, 0.25) is 0 Å². The largest absolute Gasteiger partial charge is 0.388 e. The molecule has 3 N–H and O–H groups in total. The number of aliphatic hydroxyl groups excluding tert-OH is 1. The fourth-order valence-corrected chi connectivity index (χ4v) is 2.11. The quantitative estimate of drug-likeness (QED) is 0.891. The molecule has 4 heteroatoms. The van der Waals surface area contributed by atoms with Gasteiger partial charge < -0.3 is 10.8 Å². The summed E-state index contributed by atoms with van der Waals surface area (Å²) >= 11 is 0. The zero-order valence-corrected chi connectivity index (χ0v) is 10.3. The molecule has 0 aliphatic rings. The van der Waals surface area contributed by atoms with Crippen molar-refractivity contribution in [2.24, 2.45) is 5.73 Å². The molecule has 0 saturated heterocycles. The van der Waals surface area contributed by atoms with Crippen molar-refractivity contribution < 1.29 is 13.9 Å². The summed E-state index contributed by atoms with van der Waals surface area (Å²) in [7, 11) is 0. The lowest BCUT2D eigenvalue weighted by Gasteiger charge is -2.22. The van der Waals surface area contributed by atoms with Crippen LogP contribution in [-0.2, 0) is 0 Å². The minimum atomic E-state index is -1.10. The van der Waals surface area contributed by atoms with Gasteiger partial charge in [-0.3, -0.25) is 0 Å². The summed E-state index contributed by atoms with van der Waals surface area (Å²) in [6, 6.07) is 12.3. The molecule has 2 unspecified atom stereocenters. The summed E-state index contributed by atoms with van der Waals surface area (Å²) in [6.07, 6.45) is -1.10. The maximum absolute atomic E-state index is 13.7. The van der Waals surface area contributed by atoms with Crippen molar-refractivity contribution in [3.63, 3.8) is 0 Å². The van der Waals surface area contributed by atoms with Gasteiger partial charge in [0.15, 0.2) is 0 Å². The van der Waals surface area contributed by atoms with E-state index in [0.29, 0.717) is 0 Å². The number of benzene rings is 2. The second-order valence-corrected chi connectivity index (χ2v) is 4.36. The molecule has 0 aromatic heterocycles. The van der Waals surface area contributed by atoms with Gasteiger partial charge in [0.05, 0.1) is 6.10 Å². The molecule has 2 rings (SSSR count). The van der Waals surface area contributed by atoms with Gasteiger partial charge in [-0.15, -0.1) is 0 Å². The van der Waals surface area contributed by atoms with Gasteiger partial charge in [0, 0.05) is 24.1 Å². The van der Waals surface area contributed by atoms with Gasteiger partial charge in [-0.05, 0) is 11.6 Å².